The van der Waals surface area contributed by atoms with E-state index in [1.165, 1.54) is 18.9 Å². The van der Waals surface area contributed by atoms with Crippen molar-refractivity contribution < 1.29 is 4.39 Å². The second-order valence-electron chi connectivity index (χ2n) is 5.83. The molecule has 1 saturated carbocycles. The molecule has 1 aliphatic carbocycles. The predicted molar refractivity (Wildman–Crippen MR) is 80.6 cm³/mol. The van der Waals surface area contributed by atoms with E-state index in [-0.39, 0.29) is 11.2 Å². The number of rotatable bonds is 5. The van der Waals surface area contributed by atoms with Crippen LogP contribution in [0.5, 0.6) is 0 Å². The molecule has 0 spiro atoms. The molecule has 0 bridgehead atoms. The van der Waals surface area contributed by atoms with Gasteiger partial charge in [0.05, 0.1) is 16.4 Å². The van der Waals surface area contributed by atoms with Crippen LogP contribution in [0.25, 0.3) is 11.0 Å². The molecule has 2 unspecified atom stereocenters. The van der Waals surface area contributed by atoms with Crippen LogP contribution in [0.15, 0.2) is 18.2 Å². The fraction of sp³-hybridized carbons (Fsp3) is 0.562. The van der Waals surface area contributed by atoms with Gasteiger partial charge < -0.3 is 4.57 Å². The molecule has 108 valence electrons. The summed E-state index contributed by atoms with van der Waals surface area (Å²) in [6.45, 7) is 4.11. The van der Waals surface area contributed by atoms with Crippen molar-refractivity contribution in [2.75, 3.05) is 0 Å². The highest BCUT2D eigenvalue weighted by Gasteiger charge is 2.28. The number of alkyl halides is 1. The number of fused-ring (bicyclic) bond motifs is 1. The van der Waals surface area contributed by atoms with E-state index in [9.17, 15) is 4.39 Å². The molecule has 1 fully saturated rings. The molecular weight excluding hydrogens is 275 g/mol. The number of hydrogen-bond acceptors (Lipinski definition) is 1. The van der Waals surface area contributed by atoms with Crippen molar-refractivity contribution in [3.8, 4) is 0 Å². The third-order valence-electron chi connectivity index (χ3n) is 4.17. The molecule has 1 aromatic carbocycles. The Morgan fingerprint density at radius 2 is 2.20 bits per heavy atom. The van der Waals surface area contributed by atoms with Gasteiger partial charge in [0.15, 0.2) is 0 Å². The Balaban J connectivity index is 2.12. The van der Waals surface area contributed by atoms with Gasteiger partial charge in [-0.05, 0) is 43.9 Å². The Morgan fingerprint density at radius 3 is 2.80 bits per heavy atom. The number of hydrogen-bond donors (Lipinski definition) is 0. The van der Waals surface area contributed by atoms with Crippen molar-refractivity contribution in [1.82, 2.24) is 9.55 Å². The number of imidazole rings is 1. The minimum absolute atomic E-state index is 0.168. The summed E-state index contributed by atoms with van der Waals surface area (Å²) in [5.74, 6) is 1.47. The van der Waals surface area contributed by atoms with Crippen molar-refractivity contribution >= 4 is 22.6 Å². The topological polar surface area (TPSA) is 17.8 Å². The van der Waals surface area contributed by atoms with Gasteiger partial charge in [-0.15, -0.1) is 11.6 Å². The lowest BCUT2D eigenvalue weighted by atomic mass is 10.1. The quantitative estimate of drug-likeness (QED) is 0.691. The first kappa shape index (κ1) is 13.9. The Morgan fingerprint density at radius 1 is 1.45 bits per heavy atom. The molecule has 2 aromatic rings. The maximum absolute atomic E-state index is 13.6. The van der Waals surface area contributed by atoms with Gasteiger partial charge in [0.1, 0.15) is 11.6 Å². The molecule has 1 aliphatic rings. The zero-order valence-corrected chi connectivity index (χ0v) is 12.7. The van der Waals surface area contributed by atoms with E-state index in [4.69, 9.17) is 11.6 Å². The van der Waals surface area contributed by atoms with Gasteiger partial charge in [0.25, 0.3) is 0 Å². The second-order valence-corrected chi connectivity index (χ2v) is 6.48. The molecule has 2 atom stereocenters. The van der Waals surface area contributed by atoms with Gasteiger partial charge in [0, 0.05) is 6.04 Å². The van der Waals surface area contributed by atoms with Crippen LogP contribution in [0.1, 0.15) is 56.8 Å². The standard InChI is InChI=1S/C16H20ClFN2/c1-3-13(8-11-4-5-11)20-15-9-12(18)6-7-14(15)19-16(20)10(2)17/h6-7,9-11,13H,3-5,8H2,1-2H3. The minimum Gasteiger partial charge on any atom is -0.324 e. The summed E-state index contributed by atoms with van der Waals surface area (Å²) in [6, 6.07) is 5.16. The van der Waals surface area contributed by atoms with Crippen LogP contribution in [-0.4, -0.2) is 9.55 Å². The summed E-state index contributed by atoms with van der Waals surface area (Å²) in [5, 5.41) is -0.168. The largest absolute Gasteiger partial charge is 0.324 e. The molecule has 4 heteroatoms. The van der Waals surface area contributed by atoms with Crippen molar-refractivity contribution in [2.24, 2.45) is 5.92 Å². The Labute approximate surface area is 123 Å². The molecule has 3 rings (SSSR count). The van der Waals surface area contributed by atoms with Gasteiger partial charge in [-0.1, -0.05) is 19.8 Å². The molecule has 0 amide bonds. The lowest BCUT2D eigenvalue weighted by Gasteiger charge is -2.21. The van der Waals surface area contributed by atoms with Gasteiger partial charge in [-0.3, -0.25) is 0 Å². The minimum atomic E-state index is -0.214. The van der Waals surface area contributed by atoms with Gasteiger partial charge in [-0.2, -0.15) is 0 Å². The van der Waals surface area contributed by atoms with Crippen LogP contribution in [0.4, 0.5) is 4.39 Å². The summed E-state index contributed by atoms with van der Waals surface area (Å²) in [7, 11) is 0. The fourth-order valence-corrected chi connectivity index (χ4v) is 3.10. The number of benzene rings is 1. The van der Waals surface area contributed by atoms with E-state index in [1.54, 1.807) is 12.1 Å². The summed E-state index contributed by atoms with van der Waals surface area (Å²) in [6.07, 6.45) is 4.82. The molecule has 0 saturated heterocycles. The fourth-order valence-electron chi connectivity index (χ4n) is 2.94. The molecule has 20 heavy (non-hydrogen) atoms. The van der Waals surface area contributed by atoms with E-state index in [0.29, 0.717) is 6.04 Å². The maximum Gasteiger partial charge on any atom is 0.127 e. The molecule has 1 heterocycles. The molecule has 1 aromatic heterocycles. The number of nitrogens with zero attached hydrogens (tertiary/aromatic N) is 2. The second kappa shape index (κ2) is 5.36. The lowest BCUT2D eigenvalue weighted by molar-refractivity contribution is 0.425. The zero-order chi connectivity index (χ0) is 14.3. The van der Waals surface area contributed by atoms with Crippen LogP contribution in [-0.2, 0) is 0 Å². The summed E-state index contributed by atoms with van der Waals surface area (Å²) >= 11 is 6.30. The monoisotopic (exact) mass is 294 g/mol. The Kier molecular flexibility index (Phi) is 3.72. The Bertz CT molecular complexity index is 616. The van der Waals surface area contributed by atoms with Crippen LogP contribution >= 0.6 is 11.6 Å². The number of halogens is 2. The van der Waals surface area contributed by atoms with Crippen molar-refractivity contribution in [1.29, 1.82) is 0 Å². The molecular formula is C16H20ClFN2. The predicted octanol–water partition coefficient (Wildman–Crippen LogP) is 5.23. The smallest absolute Gasteiger partial charge is 0.127 e. The average Bonchev–Trinajstić information content (AvgIpc) is 3.15. The number of aromatic nitrogens is 2. The van der Waals surface area contributed by atoms with Crippen LogP contribution in [0.3, 0.4) is 0 Å². The first-order chi connectivity index (χ1) is 9.60. The third-order valence-corrected chi connectivity index (χ3v) is 4.37. The van der Waals surface area contributed by atoms with Crippen molar-refractivity contribution in [2.45, 2.75) is 50.9 Å². The molecule has 0 aliphatic heterocycles. The molecule has 0 N–H and O–H groups in total. The normalized spacial score (nSPS) is 18.4. The van der Waals surface area contributed by atoms with E-state index in [2.05, 4.69) is 16.5 Å². The highest BCUT2D eigenvalue weighted by molar-refractivity contribution is 6.20. The van der Waals surface area contributed by atoms with E-state index in [1.807, 2.05) is 6.92 Å². The first-order valence-corrected chi connectivity index (χ1v) is 7.85. The van der Waals surface area contributed by atoms with Crippen molar-refractivity contribution in [3.63, 3.8) is 0 Å². The van der Waals surface area contributed by atoms with Gasteiger partial charge in [-0.25, -0.2) is 9.37 Å². The summed E-state index contributed by atoms with van der Waals surface area (Å²) in [4.78, 5) is 4.61. The highest BCUT2D eigenvalue weighted by Crippen LogP contribution is 2.40. The summed E-state index contributed by atoms with van der Waals surface area (Å²) in [5.41, 5.74) is 1.71. The highest BCUT2D eigenvalue weighted by atomic mass is 35.5. The molecule has 2 nitrogen and oxygen atoms in total. The zero-order valence-electron chi connectivity index (χ0n) is 11.9. The van der Waals surface area contributed by atoms with E-state index < -0.39 is 0 Å². The SMILES string of the molecule is CCC(CC1CC1)n1c(C(C)Cl)nc2ccc(F)cc21. The molecule has 0 radical (unpaired) electrons. The Hall–Kier alpha value is -1.09. The van der Waals surface area contributed by atoms with Crippen LogP contribution in [0.2, 0.25) is 0 Å². The van der Waals surface area contributed by atoms with E-state index in [0.717, 1.165) is 35.6 Å². The lowest BCUT2D eigenvalue weighted by Crippen LogP contribution is -2.13. The van der Waals surface area contributed by atoms with Crippen LogP contribution < -0.4 is 0 Å². The third kappa shape index (κ3) is 2.56. The van der Waals surface area contributed by atoms with E-state index >= 15 is 0 Å². The summed E-state index contributed by atoms with van der Waals surface area (Å²) < 4.78 is 15.8. The average molecular weight is 295 g/mol. The van der Waals surface area contributed by atoms with Crippen LogP contribution in [0, 0.1) is 11.7 Å². The van der Waals surface area contributed by atoms with Crippen molar-refractivity contribution in [3.05, 3.63) is 29.8 Å². The van der Waals surface area contributed by atoms with Gasteiger partial charge in [0.2, 0.25) is 0 Å². The van der Waals surface area contributed by atoms with Gasteiger partial charge >= 0.3 is 0 Å². The maximum atomic E-state index is 13.6. The first-order valence-electron chi connectivity index (χ1n) is 7.41.